The molecule has 0 spiro atoms. The van der Waals surface area contributed by atoms with Crippen molar-refractivity contribution >= 4 is 38.1 Å². The second-order valence-corrected chi connectivity index (χ2v) is 9.18. The summed E-state index contributed by atoms with van der Waals surface area (Å²) in [4.78, 5) is 12.6. The largest absolute Gasteiger partial charge is 0.505 e. The molecule has 8 nitrogen and oxygen atoms in total. The molecule has 0 aromatic heterocycles. The van der Waals surface area contributed by atoms with Crippen molar-refractivity contribution < 1.29 is 23.1 Å². The number of phenolic OH excluding ortho intramolecular Hbond substituents is 1. The first-order valence-electron chi connectivity index (χ1n) is 10.2. The Kier molecular flexibility index (Phi) is 6.29. The topological polar surface area (TPSA) is 117 Å². The third-order valence-electron chi connectivity index (χ3n) is 5.14. The second-order valence-electron chi connectivity index (χ2n) is 7.49. The minimum Gasteiger partial charge on any atom is -0.505 e. The Bertz CT molecular complexity index is 1510. The first kappa shape index (κ1) is 22.9. The van der Waals surface area contributed by atoms with Gasteiger partial charge in [0, 0.05) is 16.3 Å². The van der Waals surface area contributed by atoms with Crippen molar-refractivity contribution in [2.45, 2.75) is 11.8 Å². The van der Waals surface area contributed by atoms with Crippen molar-refractivity contribution in [1.29, 1.82) is 0 Å². The molecule has 4 rings (SSSR count). The summed E-state index contributed by atoms with van der Waals surface area (Å²) in [6, 6.07) is 20.9. The molecule has 0 saturated carbocycles. The van der Waals surface area contributed by atoms with Crippen LogP contribution in [0.3, 0.4) is 0 Å². The van der Waals surface area contributed by atoms with Crippen molar-refractivity contribution in [3.8, 4) is 11.5 Å². The molecule has 0 heterocycles. The summed E-state index contributed by atoms with van der Waals surface area (Å²) < 4.78 is 33.6. The van der Waals surface area contributed by atoms with Crippen molar-refractivity contribution in [1.82, 2.24) is 0 Å². The van der Waals surface area contributed by atoms with Gasteiger partial charge in [0.15, 0.2) is 5.75 Å². The fourth-order valence-corrected chi connectivity index (χ4v) is 4.41. The van der Waals surface area contributed by atoms with Gasteiger partial charge in [0.1, 0.15) is 11.4 Å². The van der Waals surface area contributed by atoms with Gasteiger partial charge in [0.05, 0.1) is 17.7 Å². The number of phenols is 1. The summed E-state index contributed by atoms with van der Waals surface area (Å²) in [5.74, 6) is -0.383. The number of anilines is 1. The van der Waals surface area contributed by atoms with E-state index in [9.17, 15) is 18.3 Å². The Morgan fingerprint density at radius 2 is 1.65 bits per heavy atom. The number of nitrogens with one attached hydrogen (secondary N) is 1. The predicted molar refractivity (Wildman–Crippen MR) is 129 cm³/mol. The number of aromatic hydroxyl groups is 1. The van der Waals surface area contributed by atoms with Gasteiger partial charge < -0.3 is 9.84 Å². The van der Waals surface area contributed by atoms with E-state index in [0.29, 0.717) is 16.5 Å². The Balaban J connectivity index is 1.74. The molecular weight excluding hydrogens is 454 g/mol. The minimum atomic E-state index is -3.92. The average Bonchev–Trinajstić information content (AvgIpc) is 2.85. The van der Waals surface area contributed by atoms with E-state index in [4.69, 9.17) is 4.74 Å². The predicted octanol–water partition coefficient (Wildman–Crippen LogP) is 5.59. The first-order valence-corrected chi connectivity index (χ1v) is 11.7. The van der Waals surface area contributed by atoms with E-state index in [2.05, 4.69) is 15.0 Å². The van der Waals surface area contributed by atoms with Gasteiger partial charge in [0.2, 0.25) is 0 Å². The number of ether oxygens (including phenoxy) is 1. The zero-order chi connectivity index (χ0) is 24.3. The highest BCUT2D eigenvalue weighted by Crippen LogP contribution is 2.40. The molecule has 0 atom stereocenters. The highest BCUT2D eigenvalue weighted by Gasteiger charge is 2.18. The maximum atomic E-state index is 13.0. The van der Waals surface area contributed by atoms with Gasteiger partial charge in [-0.1, -0.05) is 48.0 Å². The van der Waals surface area contributed by atoms with Crippen LogP contribution in [0.2, 0.25) is 0 Å². The van der Waals surface area contributed by atoms with E-state index < -0.39 is 15.9 Å². The highest BCUT2D eigenvalue weighted by atomic mass is 32.2. The zero-order valence-electron chi connectivity index (χ0n) is 18.4. The van der Waals surface area contributed by atoms with Crippen LogP contribution >= 0.6 is 0 Å². The molecule has 2 N–H and O–H groups in total. The average molecular weight is 476 g/mol. The number of azo groups is 1. The lowest BCUT2D eigenvalue weighted by atomic mass is 10.1. The number of carbonyl (C=O) groups is 1. The molecule has 9 heteroatoms. The molecule has 172 valence electrons. The summed E-state index contributed by atoms with van der Waals surface area (Å²) in [7, 11) is -2.43. The molecule has 1 amide bonds. The summed E-state index contributed by atoms with van der Waals surface area (Å²) >= 11 is 0. The van der Waals surface area contributed by atoms with E-state index >= 15 is 0 Å². The van der Waals surface area contributed by atoms with Gasteiger partial charge in [0.25, 0.3) is 15.9 Å². The lowest BCUT2D eigenvalue weighted by molar-refractivity contribution is 0.0994. The monoisotopic (exact) mass is 475 g/mol. The molecule has 0 bridgehead atoms. The quantitative estimate of drug-likeness (QED) is 0.279. The van der Waals surface area contributed by atoms with E-state index in [1.54, 1.807) is 54.6 Å². The van der Waals surface area contributed by atoms with E-state index in [1.807, 2.05) is 6.92 Å². The van der Waals surface area contributed by atoms with Crippen LogP contribution in [0.5, 0.6) is 11.5 Å². The first-order chi connectivity index (χ1) is 16.3. The molecule has 0 radical (unpaired) electrons. The van der Waals surface area contributed by atoms with Crippen molar-refractivity contribution in [3.05, 3.63) is 90.0 Å². The van der Waals surface area contributed by atoms with Crippen LogP contribution in [0.4, 0.5) is 11.4 Å². The number of benzene rings is 4. The number of amides is 1. The van der Waals surface area contributed by atoms with Crippen LogP contribution in [0.25, 0.3) is 10.8 Å². The maximum Gasteiger partial charge on any atom is 0.295 e. The Labute approximate surface area is 196 Å². The van der Waals surface area contributed by atoms with Crippen LogP contribution < -0.4 is 9.46 Å². The van der Waals surface area contributed by atoms with E-state index in [0.717, 1.165) is 5.56 Å². The summed E-state index contributed by atoms with van der Waals surface area (Å²) in [5, 5.41) is 19.2. The molecule has 0 aliphatic heterocycles. The second kappa shape index (κ2) is 9.32. The van der Waals surface area contributed by atoms with Crippen molar-refractivity contribution in [3.63, 3.8) is 0 Å². The zero-order valence-corrected chi connectivity index (χ0v) is 19.2. The number of nitrogens with zero attached hydrogens (tertiary/aromatic N) is 2. The van der Waals surface area contributed by atoms with Crippen LogP contribution in [0.1, 0.15) is 15.9 Å². The maximum absolute atomic E-state index is 13.0. The number of hydrogen-bond donors (Lipinski definition) is 2. The van der Waals surface area contributed by atoms with Crippen molar-refractivity contribution in [2.24, 2.45) is 10.2 Å². The van der Waals surface area contributed by atoms with Crippen LogP contribution in [0.15, 0.2) is 94.0 Å². The van der Waals surface area contributed by atoms with E-state index in [1.165, 1.54) is 31.4 Å². The summed E-state index contributed by atoms with van der Waals surface area (Å²) in [5.41, 5.74) is 1.31. The number of methoxy groups -OCH3 is 1. The van der Waals surface area contributed by atoms with Crippen LogP contribution in [-0.2, 0) is 10.0 Å². The molecule has 0 unspecified atom stereocenters. The van der Waals surface area contributed by atoms with Crippen LogP contribution in [0, 0.1) is 6.92 Å². The molecule has 4 aromatic carbocycles. The van der Waals surface area contributed by atoms with Gasteiger partial charge in [-0.2, -0.15) is 0 Å². The molecular formula is C25H21N3O5S. The Morgan fingerprint density at radius 1 is 0.941 bits per heavy atom. The molecule has 0 aliphatic carbocycles. The molecule has 0 fully saturated rings. The molecule has 34 heavy (non-hydrogen) atoms. The lowest BCUT2D eigenvalue weighted by Gasteiger charge is -2.13. The highest BCUT2D eigenvalue weighted by molar-refractivity contribution is 7.92. The SMILES string of the molecule is COc1cccc(C(=O)N=Nc2cc(NS(=O)(=O)c3ccc(C)cc3)c3ccccc3c2O)c1. The smallest absolute Gasteiger partial charge is 0.295 e. The molecule has 0 aliphatic rings. The standard InChI is InChI=1S/C25H21N3O5S/c1-16-10-12-19(13-11-16)34(31,32)28-22-15-23(24(29)21-9-4-3-8-20(21)22)26-27-25(30)17-6-5-7-18(14-17)33-2/h3-15,28-29H,1-2H3. The summed E-state index contributed by atoms with van der Waals surface area (Å²) in [6.07, 6.45) is 0. The number of carbonyl (C=O) groups excluding carboxylic acids is 1. The fourth-order valence-electron chi connectivity index (χ4n) is 3.34. The number of aryl methyl sites for hydroxylation is 1. The van der Waals surface area contributed by atoms with Gasteiger partial charge in [-0.05, 0) is 43.3 Å². The normalized spacial score (nSPS) is 11.6. The Morgan fingerprint density at radius 3 is 2.35 bits per heavy atom. The fraction of sp³-hybridized carbons (Fsp3) is 0.0800. The van der Waals surface area contributed by atoms with Gasteiger partial charge in [-0.15, -0.1) is 10.2 Å². The van der Waals surface area contributed by atoms with Gasteiger partial charge in [-0.25, -0.2) is 8.42 Å². The number of hydrogen-bond acceptors (Lipinski definition) is 6. The third-order valence-corrected chi connectivity index (χ3v) is 6.52. The van der Waals surface area contributed by atoms with Gasteiger partial charge in [-0.3, -0.25) is 9.52 Å². The lowest BCUT2D eigenvalue weighted by Crippen LogP contribution is -2.13. The number of rotatable bonds is 6. The minimum absolute atomic E-state index is 0.0587. The molecule has 4 aromatic rings. The summed E-state index contributed by atoms with van der Waals surface area (Å²) in [6.45, 7) is 1.86. The Hall–Kier alpha value is -4.24. The third kappa shape index (κ3) is 4.74. The number of fused-ring (bicyclic) bond motifs is 1. The number of sulfonamides is 1. The molecule has 0 saturated heterocycles. The van der Waals surface area contributed by atoms with E-state index in [-0.39, 0.29) is 27.6 Å². The van der Waals surface area contributed by atoms with Gasteiger partial charge >= 0.3 is 0 Å². The van der Waals surface area contributed by atoms with Crippen LogP contribution in [-0.4, -0.2) is 26.5 Å². The van der Waals surface area contributed by atoms with Crippen molar-refractivity contribution in [2.75, 3.05) is 11.8 Å².